The van der Waals surface area contributed by atoms with Crippen molar-refractivity contribution in [1.29, 1.82) is 0 Å². The van der Waals surface area contributed by atoms with Crippen LogP contribution in [0.25, 0.3) is 0 Å². The van der Waals surface area contributed by atoms with Gasteiger partial charge < -0.3 is 10.2 Å². The molecule has 1 N–H and O–H groups in total. The van der Waals surface area contributed by atoms with Crippen molar-refractivity contribution < 1.29 is 18.0 Å². The minimum atomic E-state index is -4.23. The Morgan fingerprint density at radius 1 is 0.792 bits per heavy atom. The van der Waals surface area contributed by atoms with Crippen LogP contribution in [-0.2, 0) is 32.6 Å². The van der Waals surface area contributed by atoms with Crippen molar-refractivity contribution >= 4 is 50.7 Å². The fraction of sp³-hybridized carbons (Fsp3) is 0.316. The van der Waals surface area contributed by atoms with Crippen LogP contribution in [-0.4, -0.2) is 43.8 Å². The molecule has 0 aliphatic heterocycles. The Labute approximate surface area is 293 Å². The molecule has 4 aromatic carbocycles. The maximum atomic E-state index is 14.7. The average molecular weight is 707 g/mol. The Kier molecular flexibility index (Phi) is 11.8. The topological polar surface area (TPSA) is 86.8 Å². The molecule has 0 heterocycles. The maximum absolute atomic E-state index is 14.7. The van der Waals surface area contributed by atoms with Gasteiger partial charge in [0.1, 0.15) is 12.6 Å². The Bertz CT molecular complexity index is 1810. The molecule has 252 valence electrons. The van der Waals surface area contributed by atoms with Gasteiger partial charge in [-0.25, -0.2) is 8.42 Å². The lowest BCUT2D eigenvalue weighted by molar-refractivity contribution is -0.140. The molecular weight excluding hydrogens is 665 g/mol. The van der Waals surface area contributed by atoms with Gasteiger partial charge in [0.15, 0.2) is 0 Å². The Hall–Kier alpha value is -3.85. The zero-order valence-corrected chi connectivity index (χ0v) is 29.6. The number of halogens is 2. The van der Waals surface area contributed by atoms with Crippen molar-refractivity contribution in [3.63, 3.8) is 0 Å². The van der Waals surface area contributed by atoms with Crippen molar-refractivity contribution in [2.24, 2.45) is 0 Å². The van der Waals surface area contributed by atoms with E-state index in [0.29, 0.717) is 15.7 Å². The van der Waals surface area contributed by atoms with Crippen molar-refractivity contribution in [1.82, 2.24) is 10.2 Å². The van der Waals surface area contributed by atoms with E-state index in [1.165, 1.54) is 29.2 Å². The minimum absolute atomic E-state index is 0.00180. The summed E-state index contributed by atoms with van der Waals surface area (Å²) in [6, 6.07) is 26.9. The highest BCUT2D eigenvalue weighted by Gasteiger charge is 2.35. The number of carbonyl (C=O) groups is 2. The van der Waals surface area contributed by atoms with Crippen molar-refractivity contribution in [3.8, 4) is 0 Å². The van der Waals surface area contributed by atoms with Crippen molar-refractivity contribution in [3.05, 3.63) is 129 Å². The molecule has 0 spiro atoms. The van der Waals surface area contributed by atoms with E-state index in [9.17, 15) is 18.0 Å². The van der Waals surface area contributed by atoms with E-state index in [0.717, 1.165) is 58.7 Å². The zero-order valence-electron chi connectivity index (χ0n) is 27.2. The number of nitrogens with zero attached hydrogens (tertiary/aromatic N) is 2. The number of sulfonamides is 1. The molecule has 1 aliphatic carbocycles. The highest BCUT2D eigenvalue weighted by molar-refractivity contribution is 7.92. The van der Waals surface area contributed by atoms with Gasteiger partial charge in [0.25, 0.3) is 10.0 Å². The molecule has 1 fully saturated rings. The second-order valence-corrected chi connectivity index (χ2v) is 15.2. The fourth-order valence-electron chi connectivity index (χ4n) is 6.03. The minimum Gasteiger partial charge on any atom is -0.352 e. The summed E-state index contributed by atoms with van der Waals surface area (Å²) >= 11 is 12.3. The van der Waals surface area contributed by atoms with Gasteiger partial charge in [-0.15, -0.1) is 0 Å². The number of carbonyl (C=O) groups excluding carboxylic acids is 2. The summed E-state index contributed by atoms with van der Waals surface area (Å²) in [6.45, 7) is 3.39. The number of aryl methyl sites for hydroxylation is 2. The van der Waals surface area contributed by atoms with E-state index in [1.54, 1.807) is 24.3 Å². The van der Waals surface area contributed by atoms with E-state index in [4.69, 9.17) is 23.2 Å². The summed E-state index contributed by atoms with van der Waals surface area (Å²) in [5, 5.41) is 4.17. The number of rotatable bonds is 12. The fourth-order valence-corrected chi connectivity index (χ4v) is 7.69. The molecule has 1 saturated carbocycles. The predicted octanol–water partition coefficient (Wildman–Crippen LogP) is 7.89. The highest BCUT2D eigenvalue weighted by atomic mass is 35.5. The maximum Gasteiger partial charge on any atom is 0.264 e. The van der Waals surface area contributed by atoms with Crippen LogP contribution in [0.2, 0.25) is 10.0 Å². The first-order chi connectivity index (χ1) is 23.0. The van der Waals surface area contributed by atoms with Crippen LogP contribution < -0.4 is 9.62 Å². The van der Waals surface area contributed by atoms with E-state index < -0.39 is 28.5 Å². The zero-order chi connectivity index (χ0) is 34.3. The third kappa shape index (κ3) is 8.98. The number of benzene rings is 4. The summed E-state index contributed by atoms with van der Waals surface area (Å²) in [5.41, 5.74) is 3.85. The van der Waals surface area contributed by atoms with Crippen LogP contribution in [0.4, 0.5) is 5.69 Å². The van der Waals surface area contributed by atoms with Gasteiger partial charge in [-0.3, -0.25) is 13.9 Å². The molecule has 1 aliphatic rings. The first-order valence-electron chi connectivity index (χ1n) is 16.2. The quantitative estimate of drug-likeness (QED) is 0.162. The summed E-state index contributed by atoms with van der Waals surface area (Å²) in [6.07, 6.45) is 5.23. The number of hydrogen-bond donors (Lipinski definition) is 1. The third-order valence-corrected chi connectivity index (χ3v) is 11.2. The molecule has 2 amide bonds. The third-order valence-electron chi connectivity index (χ3n) is 8.95. The Balaban J connectivity index is 1.57. The standard InChI is InChI=1S/C38H41Cl2N3O4S/c1-27-13-20-34(23-28(27)2)43(48(46,47)35-21-18-32(40)19-22-35)26-37(44)42(25-30-14-16-31(39)17-15-30)36(24-29-9-5-3-6-10-29)38(45)41-33-11-7-4-8-12-33/h3,5-6,9-10,13-23,33,36H,4,7-8,11-12,24-26H2,1-2H3,(H,41,45). The van der Waals surface area contributed by atoms with E-state index in [2.05, 4.69) is 5.32 Å². The molecule has 5 rings (SSSR count). The van der Waals surface area contributed by atoms with E-state index in [1.807, 2.05) is 62.4 Å². The van der Waals surface area contributed by atoms with Crippen LogP contribution in [0, 0.1) is 13.8 Å². The number of anilines is 1. The second-order valence-electron chi connectivity index (χ2n) is 12.4. The summed E-state index contributed by atoms with van der Waals surface area (Å²) in [7, 11) is -4.23. The summed E-state index contributed by atoms with van der Waals surface area (Å²) < 4.78 is 29.7. The van der Waals surface area contributed by atoms with Gasteiger partial charge in [-0.1, -0.05) is 91.0 Å². The van der Waals surface area contributed by atoms with Crippen LogP contribution in [0.3, 0.4) is 0 Å². The van der Waals surface area contributed by atoms with Gasteiger partial charge in [0.05, 0.1) is 10.6 Å². The average Bonchev–Trinajstić information content (AvgIpc) is 3.08. The molecule has 0 saturated heterocycles. The Morgan fingerprint density at radius 3 is 2.04 bits per heavy atom. The first kappa shape index (κ1) is 35.5. The first-order valence-corrected chi connectivity index (χ1v) is 18.4. The predicted molar refractivity (Wildman–Crippen MR) is 193 cm³/mol. The monoisotopic (exact) mass is 705 g/mol. The van der Waals surface area contributed by atoms with Crippen molar-refractivity contribution in [2.75, 3.05) is 10.8 Å². The van der Waals surface area contributed by atoms with Crippen LogP contribution in [0.1, 0.15) is 54.4 Å². The van der Waals surface area contributed by atoms with Crippen LogP contribution in [0.15, 0.2) is 102 Å². The lowest BCUT2D eigenvalue weighted by Gasteiger charge is -2.35. The van der Waals surface area contributed by atoms with Gasteiger partial charge in [-0.05, 0) is 97.5 Å². The van der Waals surface area contributed by atoms with E-state index >= 15 is 0 Å². The molecule has 7 nitrogen and oxygen atoms in total. The molecule has 0 aromatic heterocycles. The second kappa shape index (κ2) is 16.0. The normalized spacial score (nSPS) is 14.2. The van der Waals surface area contributed by atoms with E-state index in [-0.39, 0.29) is 29.8 Å². The van der Waals surface area contributed by atoms with Gasteiger partial charge in [0.2, 0.25) is 11.8 Å². The van der Waals surface area contributed by atoms with Crippen LogP contribution >= 0.6 is 23.2 Å². The number of nitrogens with one attached hydrogen (secondary N) is 1. The number of hydrogen-bond acceptors (Lipinski definition) is 4. The van der Waals surface area contributed by atoms with Crippen LogP contribution in [0.5, 0.6) is 0 Å². The smallest absolute Gasteiger partial charge is 0.264 e. The molecule has 0 radical (unpaired) electrons. The van der Waals surface area contributed by atoms with Gasteiger partial charge in [-0.2, -0.15) is 0 Å². The van der Waals surface area contributed by atoms with Gasteiger partial charge in [0, 0.05) is 29.1 Å². The largest absolute Gasteiger partial charge is 0.352 e. The molecule has 0 bridgehead atoms. The molecule has 1 unspecified atom stereocenters. The SMILES string of the molecule is Cc1ccc(N(CC(=O)N(Cc2ccc(Cl)cc2)C(Cc2ccccc2)C(=O)NC2CCCCC2)S(=O)(=O)c2ccc(Cl)cc2)cc1C. The van der Waals surface area contributed by atoms with Crippen molar-refractivity contribution in [2.45, 2.75) is 75.9 Å². The number of amides is 2. The molecular formula is C38H41Cl2N3O4S. The lowest BCUT2D eigenvalue weighted by atomic mass is 9.94. The lowest BCUT2D eigenvalue weighted by Crippen LogP contribution is -2.55. The molecule has 4 aromatic rings. The van der Waals surface area contributed by atoms with Gasteiger partial charge >= 0.3 is 0 Å². The summed E-state index contributed by atoms with van der Waals surface area (Å²) in [5.74, 6) is -0.771. The Morgan fingerprint density at radius 2 is 1.42 bits per heavy atom. The molecule has 10 heteroatoms. The molecule has 48 heavy (non-hydrogen) atoms. The highest BCUT2D eigenvalue weighted by Crippen LogP contribution is 2.28. The summed E-state index contributed by atoms with van der Waals surface area (Å²) in [4.78, 5) is 30.4. The molecule has 1 atom stereocenters.